The second-order valence-electron chi connectivity index (χ2n) is 6.01. The molecule has 6 heteroatoms. The van der Waals surface area contributed by atoms with E-state index in [0.29, 0.717) is 21.9 Å². The number of carbonyl (C=O) groups is 2. The molecule has 0 saturated heterocycles. The fourth-order valence-electron chi connectivity index (χ4n) is 2.90. The highest BCUT2D eigenvalue weighted by Gasteiger charge is 2.29. The summed E-state index contributed by atoms with van der Waals surface area (Å²) < 4.78 is 5.16. The number of rotatable bonds is 6. The Balaban J connectivity index is 1.82. The second kappa shape index (κ2) is 8.56. The first-order valence-electron chi connectivity index (χ1n) is 8.41. The third kappa shape index (κ3) is 4.39. The van der Waals surface area contributed by atoms with Crippen molar-refractivity contribution >= 4 is 23.5 Å². The number of allylic oxidation sites excluding steroid dienone is 1. The molecule has 3 rings (SSSR count). The molecule has 27 heavy (non-hydrogen) atoms. The van der Waals surface area contributed by atoms with E-state index in [0.717, 1.165) is 5.56 Å². The van der Waals surface area contributed by atoms with Gasteiger partial charge in [-0.25, -0.2) is 0 Å². The van der Waals surface area contributed by atoms with Gasteiger partial charge in [0.15, 0.2) is 5.78 Å². The molecule has 0 aliphatic carbocycles. The zero-order chi connectivity index (χ0) is 19.2. The number of benzene rings is 2. The number of thioether (sulfide) groups is 1. The summed E-state index contributed by atoms with van der Waals surface area (Å²) in [4.78, 5) is 24.5. The zero-order valence-corrected chi connectivity index (χ0v) is 15.6. The average Bonchev–Trinajstić information content (AvgIpc) is 2.72. The Bertz CT molecular complexity index is 915. The lowest BCUT2D eigenvalue weighted by Gasteiger charge is -2.25. The van der Waals surface area contributed by atoms with Gasteiger partial charge in [0.25, 0.3) is 0 Å². The summed E-state index contributed by atoms with van der Waals surface area (Å²) in [5.74, 6) is 0.323. The molecule has 1 aliphatic heterocycles. The van der Waals surface area contributed by atoms with E-state index in [4.69, 9.17) is 4.74 Å². The van der Waals surface area contributed by atoms with E-state index < -0.39 is 0 Å². The summed E-state index contributed by atoms with van der Waals surface area (Å²) in [7, 11) is 1.59. The van der Waals surface area contributed by atoms with Crippen LogP contribution in [-0.2, 0) is 4.79 Å². The number of nitrogens with one attached hydrogen (secondary N) is 1. The molecule has 1 heterocycles. The molecule has 1 aliphatic rings. The lowest BCUT2D eigenvalue weighted by Crippen LogP contribution is -2.31. The molecule has 136 valence electrons. The van der Waals surface area contributed by atoms with E-state index >= 15 is 0 Å². The van der Waals surface area contributed by atoms with Gasteiger partial charge >= 0.3 is 0 Å². The minimum Gasteiger partial charge on any atom is -0.497 e. The fourth-order valence-corrected chi connectivity index (χ4v) is 3.87. The normalized spacial score (nSPS) is 16.4. The number of methoxy groups -OCH3 is 1. The standard InChI is InChI=1S/C21H18N2O3S/c1-26-16-9-7-14(8-10-16)17-11-20(25)23-21(18(17)12-22)27-13-19(24)15-5-3-2-4-6-15/h2-10,17H,11,13H2,1H3,(H,23,25)/t17-/m1/s1. The molecule has 0 radical (unpaired) electrons. The molecule has 0 unspecified atom stereocenters. The second-order valence-corrected chi connectivity index (χ2v) is 7.00. The number of ketones is 1. The van der Waals surface area contributed by atoms with Crippen LogP contribution in [0.2, 0.25) is 0 Å². The van der Waals surface area contributed by atoms with Crippen LogP contribution in [-0.4, -0.2) is 24.6 Å². The van der Waals surface area contributed by atoms with Crippen molar-refractivity contribution in [1.29, 1.82) is 5.26 Å². The van der Waals surface area contributed by atoms with Crippen molar-refractivity contribution in [1.82, 2.24) is 5.32 Å². The van der Waals surface area contributed by atoms with Gasteiger partial charge in [-0.1, -0.05) is 54.2 Å². The van der Waals surface area contributed by atoms with Crippen LogP contribution in [0.1, 0.15) is 28.3 Å². The smallest absolute Gasteiger partial charge is 0.225 e. The Kier molecular flexibility index (Phi) is 5.94. The highest BCUT2D eigenvalue weighted by atomic mass is 32.2. The number of amides is 1. The van der Waals surface area contributed by atoms with Crippen molar-refractivity contribution in [2.45, 2.75) is 12.3 Å². The number of nitriles is 1. The maximum atomic E-state index is 12.3. The summed E-state index contributed by atoms with van der Waals surface area (Å²) in [6, 6.07) is 18.5. The van der Waals surface area contributed by atoms with Crippen molar-refractivity contribution in [3.63, 3.8) is 0 Å². The molecule has 2 aromatic carbocycles. The summed E-state index contributed by atoms with van der Waals surface area (Å²) in [6.07, 6.45) is 0.200. The van der Waals surface area contributed by atoms with Crippen molar-refractivity contribution in [2.24, 2.45) is 0 Å². The van der Waals surface area contributed by atoms with Crippen molar-refractivity contribution in [3.05, 3.63) is 76.3 Å². The van der Waals surface area contributed by atoms with Crippen LogP contribution in [0, 0.1) is 11.3 Å². The van der Waals surface area contributed by atoms with Gasteiger partial charge in [-0.05, 0) is 17.7 Å². The lowest BCUT2D eigenvalue weighted by molar-refractivity contribution is -0.120. The maximum Gasteiger partial charge on any atom is 0.225 e. The predicted octanol–water partition coefficient (Wildman–Crippen LogP) is 3.65. The summed E-state index contributed by atoms with van der Waals surface area (Å²) in [6.45, 7) is 0. The van der Waals surface area contributed by atoms with Gasteiger partial charge in [0.2, 0.25) is 5.91 Å². The van der Waals surface area contributed by atoms with Gasteiger partial charge in [-0.3, -0.25) is 9.59 Å². The largest absolute Gasteiger partial charge is 0.497 e. The minimum absolute atomic E-state index is 0.0498. The van der Waals surface area contributed by atoms with Crippen molar-refractivity contribution in [3.8, 4) is 11.8 Å². The predicted molar refractivity (Wildman–Crippen MR) is 104 cm³/mol. The molecular formula is C21H18N2O3S. The zero-order valence-electron chi connectivity index (χ0n) is 14.8. The highest BCUT2D eigenvalue weighted by Crippen LogP contribution is 2.36. The molecule has 1 N–H and O–H groups in total. The SMILES string of the molecule is COc1ccc([C@H]2CC(=O)NC(SCC(=O)c3ccccc3)=C2C#N)cc1. The van der Waals surface area contributed by atoms with Crippen LogP contribution >= 0.6 is 11.8 Å². The molecule has 0 aromatic heterocycles. The van der Waals surface area contributed by atoms with E-state index in [2.05, 4.69) is 11.4 Å². The van der Waals surface area contributed by atoms with Gasteiger partial charge in [0.1, 0.15) is 5.75 Å². The van der Waals surface area contributed by atoms with E-state index in [9.17, 15) is 14.9 Å². The summed E-state index contributed by atoms with van der Waals surface area (Å²) >= 11 is 1.19. The topological polar surface area (TPSA) is 79.2 Å². The van der Waals surface area contributed by atoms with E-state index in [1.807, 2.05) is 30.3 Å². The Morgan fingerprint density at radius 3 is 2.56 bits per heavy atom. The quantitative estimate of drug-likeness (QED) is 0.776. The molecule has 1 atom stereocenters. The molecule has 0 spiro atoms. The first kappa shape index (κ1) is 18.7. The third-order valence-electron chi connectivity index (χ3n) is 4.32. The molecule has 1 amide bonds. The van der Waals surface area contributed by atoms with Gasteiger partial charge in [-0.2, -0.15) is 5.26 Å². The van der Waals surface area contributed by atoms with Gasteiger partial charge in [0.05, 0.1) is 29.5 Å². The van der Waals surface area contributed by atoms with Crippen LogP contribution in [0.4, 0.5) is 0 Å². The molecule has 0 bridgehead atoms. The lowest BCUT2D eigenvalue weighted by atomic mass is 9.87. The van der Waals surface area contributed by atoms with Crippen LogP contribution in [0.3, 0.4) is 0 Å². The molecule has 2 aromatic rings. The van der Waals surface area contributed by atoms with Crippen LogP contribution in [0.5, 0.6) is 5.75 Å². The molecular weight excluding hydrogens is 360 g/mol. The number of carbonyl (C=O) groups excluding carboxylic acids is 2. The molecule has 0 saturated carbocycles. The number of hydrogen-bond donors (Lipinski definition) is 1. The number of hydrogen-bond acceptors (Lipinski definition) is 5. The Morgan fingerprint density at radius 1 is 1.22 bits per heavy atom. The van der Waals surface area contributed by atoms with Gasteiger partial charge < -0.3 is 10.1 Å². The number of Topliss-reactive ketones (excluding diaryl/α,β-unsaturated/α-hetero) is 1. The number of ether oxygens (including phenoxy) is 1. The van der Waals surface area contributed by atoms with Crippen LogP contribution in [0.25, 0.3) is 0 Å². The first-order chi connectivity index (χ1) is 13.1. The van der Waals surface area contributed by atoms with Gasteiger partial charge in [-0.15, -0.1) is 0 Å². The fraction of sp³-hybridized carbons (Fsp3) is 0.190. The van der Waals surface area contributed by atoms with E-state index in [1.165, 1.54) is 11.8 Å². The van der Waals surface area contributed by atoms with E-state index in [-0.39, 0.29) is 29.8 Å². The number of nitrogens with zero attached hydrogens (tertiary/aromatic N) is 1. The Labute approximate surface area is 162 Å². The average molecular weight is 378 g/mol. The highest BCUT2D eigenvalue weighted by molar-refractivity contribution is 8.03. The van der Waals surface area contributed by atoms with E-state index in [1.54, 1.807) is 31.4 Å². The van der Waals surface area contributed by atoms with Gasteiger partial charge in [0, 0.05) is 17.9 Å². The molecule has 5 nitrogen and oxygen atoms in total. The third-order valence-corrected chi connectivity index (χ3v) is 5.33. The first-order valence-corrected chi connectivity index (χ1v) is 9.40. The Hall–Kier alpha value is -3.04. The van der Waals surface area contributed by atoms with Crippen molar-refractivity contribution in [2.75, 3.05) is 12.9 Å². The summed E-state index contributed by atoms with van der Waals surface area (Å²) in [5, 5.41) is 12.9. The van der Waals surface area contributed by atoms with Crippen LogP contribution in [0.15, 0.2) is 65.2 Å². The Morgan fingerprint density at radius 2 is 1.93 bits per heavy atom. The monoisotopic (exact) mass is 378 g/mol. The van der Waals surface area contributed by atoms with Crippen molar-refractivity contribution < 1.29 is 14.3 Å². The summed E-state index contributed by atoms with van der Waals surface area (Å²) in [5.41, 5.74) is 1.96. The minimum atomic E-state index is -0.330. The van der Waals surface area contributed by atoms with Crippen LogP contribution < -0.4 is 10.1 Å². The maximum absolute atomic E-state index is 12.3. The molecule has 0 fully saturated rings.